The van der Waals surface area contributed by atoms with Crippen molar-refractivity contribution < 1.29 is 9.90 Å². The van der Waals surface area contributed by atoms with Crippen LogP contribution in [0.15, 0.2) is 5.38 Å². The number of β-amino-alcohol motifs (C(OH)–C–C–N with tert-alkyl or cyclic N) is 1. The summed E-state index contributed by atoms with van der Waals surface area (Å²) < 4.78 is 0. The van der Waals surface area contributed by atoms with E-state index in [-0.39, 0.29) is 5.91 Å². The number of aromatic nitrogens is 1. The molecule has 0 atom stereocenters. The third-order valence-corrected chi connectivity index (χ3v) is 2.77. The molecule has 0 aromatic carbocycles. The maximum atomic E-state index is 11.6. The molecule has 1 aliphatic rings. The van der Waals surface area contributed by atoms with Crippen LogP contribution in [-0.2, 0) is 0 Å². The van der Waals surface area contributed by atoms with Crippen molar-refractivity contribution >= 4 is 22.4 Å². The van der Waals surface area contributed by atoms with Gasteiger partial charge in [0.1, 0.15) is 5.69 Å². The highest BCUT2D eigenvalue weighted by molar-refractivity contribution is 7.13. The second kappa shape index (κ2) is 2.93. The van der Waals surface area contributed by atoms with Crippen LogP contribution in [-0.4, -0.2) is 39.6 Å². The van der Waals surface area contributed by atoms with Gasteiger partial charge in [-0.2, -0.15) is 0 Å². The molecule has 6 heteroatoms. The fourth-order valence-corrected chi connectivity index (χ4v) is 2.00. The number of thiazole rings is 1. The Morgan fingerprint density at radius 1 is 1.79 bits per heavy atom. The van der Waals surface area contributed by atoms with E-state index in [4.69, 9.17) is 5.73 Å². The van der Waals surface area contributed by atoms with Crippen LogP contribution in [0.3, 0.4) is 0 Å². The predicted molar refractivity (Wildman–Crippen MR) is 53.1 cm³/mol. The number of amides is 1. The van der Waals surface area contributed by atoms with E-state index in [1.807, 2.05) is 0 Å². The second-order valence-electron chi connectivity index (χ2n) is 3.73. The average molecular weight is 213 g/mol. The SMILES string of the molecule is CC1(O)CN(C(=O)c2csc(N)n2)C1. The summed E-state index contributed by atoms with van der Waals surface area (Å²) in [4.78, 5) is 17.1. The number of nitrogen functional groups attached to an aromatic ring is 1. The summed E-state index contributed by atoms with van der Waals surface area (Å²) in [6.07, 6.45) is 0. The topological polar surface area (TPSA) is 79.5 Å². The monoisotopic (exact) mass is 213 g/mol. The molecule has 0 aliphatic carbocycles. The summed E-state index contributed by atoms with van der Waals surface area (Å²) in [5.74, 6) is -0.163. The van der Waals surface area contributed by atoms with Crippen LogP contribution in [0.2, 0.25) is 0 Å². The number of nitrogens with zero attached hydrogens (tertiary/aromatic N) is 2. The summed E-state index contributed by atoms with van der Waals surface area (Å²) in [5, 5.41) is 11.5. The fraction of sp³-hybridized carbons (Fsp3) is 0.500. The van der Waals surface area contributed by atoms with Gasteiger partial charge in [0.05, 0.1) is 18.7 Å². The molecule has 1 saturated heterocycles. The zero-order valence-electron chi connectivity index (χ0n) is 7.73. The van der Waals surface area contributed by atoms with Gasteiger partial charge >= 0.3 is 0 Å². The minimum absolute atomic E-state index is 0.163. The van der Waals surface area contributed by atoms with E-state index < -0.39 is 5.60 Å². The van der Waals surface area contributed by atoms with E-state index in [0.717, 1.165) is 0 Å². The van der Waals surface area contributed by atoms with Gasteiger partial charge in [0.2, 0.25) is 0 Å². The molecular formula is C8H11N3O2S. The Balaban J connectivity index is 2.04. The molecule has 1 aliphatic heterocycles. The molecule has 0 unspecified atom stereocenters. The van der Waals surface area contributed by atoms with Crippen molar-refractivity contribution in [3.05, 3.63) is 11.1 Å². The first-order valence-corrected chi connectivity index (χ1v) is 5.08. The number of nitrogens with two attached hydrogens (primary N) is 1. The lowest BCUT2D eigenvalue weighted by molar-refractivity contribution is -0.0670. The van der Waals surface area contributed by atoms with Crippen molar-refractivity contribution in [1.82, 2.24) is 9.88 Å². The number of anilines is 1. The number of hydrogen-bond donors (Lipinski definition) is 2. The third kappa shape index (κ3) is 1.58. The molecule has 0 bridgehead atoms. The molecule has 0 saturated carbocycles. The Morgan fingerprint density at radius 2 is 2.43 bits per heavy atom. The maximum absolute atomic E-state index is 11.6. The van der Waals surface area contributed by atoms with Gasteiger partial charge in [0.25, 0.3) is 5.91 Å². The van der Waals surface area contributed by atoms with Crippen LogP contribution in [0.25, 0.3) is 0 Å². The molecule has 0 spiro atoms. The van der Waals surface area contributed by atoms with Crippen molar-refractivity contribution in [3.8, 4) is 0 Å². The van der Waals surface area contributed by atoms with Gasteiger partial charge in [0.15, 0.2) is 5.13 Å². The quantitative estimate of drug-likeness (QED) is 0.684. The first kappa shape index (κ1) is 9.42. The third-order valence-electron chi connectivity index (χ3n) is 2.09. The predicted octanol–water partition coefficient (Wildman–Crippen LogP) is -0.0679. The smallest absolute Gasteiger partial charge is 0.273 e. The zero-order valence-corrected chi connectivity index (χ0v) is 8.54. The number of carbonyl (C=O) groups is 1. The van der Waals surface area contributed by atoms with E-state index >= 15 is 0 Å². The van der Waals surface area contributed by atoms with E-state index in [1.54, 1.807) is 17.2 Å². The van der Waals surface area contributed by atoms with Crippen molar-refractivity contribution in [2.45, 2.75) is 12.5 Å². The summed E-state index contributed by atoms with van der Waals surface area (Å²) >= 11 is 1.24. The number of rotatable bonds is 1. The maximum Gasteiger partial charge on any atom is 0.273 e. The zero-order chi connectivity index (χ0) is 10.3. The van der Waals surface area contributed by atoms with Crippen LogP contribution in [0, 0.1) is 0 Å². The summed E-state index contributed by atoms with van der Waals surface area (Å²) in [6, 6.07) is 0. The molecule has 2 rings (SSSR count). The summed E-state index contributed by atoms with van der Waals surface area (Å²) in [5.41, 5.74) is 5.04. The van der Waals surface area contributed by atoms with Crippen LogP contribution in [0.1, 0.15) is 17.4 Å². The van der Waals surface area contributed by atoms with E-state index in [9.17, 15) is 9.90 Å². The highest BCUT2D eigenvalue weighted by atomic mass is 32.1. The molecule has 1 aromatic heterocycles. The minimum Gasteiger partial charge on any atom is -0.386 e. The standard InChI is InChI=1S/C8H11N3O2S/c1-8(13)3-11(4-8)6(12)5-2-14-7(9)10-5/h2,13H,3-4H2,1H3,(H2,9,10). The average Bonchev–Trinajstić information content (AvgIpc) is 2.46. The number of aliphatic hydroxyl groups is 1. The lowest BCUT2D eigenvalue weighted by atomic mass is 9.97. The van der Waals surface area contributed by atoms with E-state index in [1.165, 1.54) is 11.3 Å². The number of hydrogen-bond acceptors (Lipinski definition) is 5. The minimum atomic E-state index is -0.739. The molecule has 3 N–H and O–H groups in total. The van der Waals surface area contributed by atoms with Crippen molar-refractivity contribution in [2.75, 3.05) is 18.8 Å². The molecule has 0 radical (unpaired) electrons. The molecule has 2 heterocycles. The van der Waals surface area contributed by atoms with Crippen LogP contribution >= 0.6 is 11.3 Å². The molecule has 14 heavy (non-hydrogen) atoms. The first-order chi connectivity index (χ1) is 6.48. The fourth-order valence-electron chi connectivity index (χ4n) is 1.47. The van der Waals surface area contributed by atoms with Gasteiger partial charge in [0, 0.05) is 5.38 Å². The molecule has 5 nitrogen and oxygen atoms in total. The lowest BCUT2D eigenvalue weighted by Crippen LogP contribution is -2.61. The number of carbonyl (C=O) groups excluding carboxylic acids is 1. The molecule has 1 aromatic rings. The second-order valence-corrected chi connectivity index (χ2v) is 4.62. The highest BCUT2D eigenvalue weighted by Gasteiger charge is 2.40. The number of likely N-dealkylation sites (tertiary alicyclic amines) is 1. The Hall–Kier alpha value is -1.14. The Bertz CT molecular complexity index is 366. The van der Waals surface area contributed by atoms with Gasteiger partial charge in [-0.05, 0) is 6.92 Å². The van der Waals surface area contributed by atoms with Gasteiger partial charge in [-0.3, -0.25) is 4.79 Å². The van der Waals surface area contributed by atoms with Gasteiger partial charge in [-0.25, -0.2) is 4.98 Å². The van der Waals surface area contributed by atoms with E-state index in [2.05, 4.69) is 4.98 Å². The van der Waals surface area contributed by atoms with E-state index in [0.29, 0.717) is 23.9 Å². The van der Waals surface area contributed by atoms with Crippen LogP contribution in [0.4, 0.5) is 5.13 Å². The molecular weight excluding hydrogens is 202 g/mol. The van der Waals surface area contributed by atoms with Crippen molar-refractivity contribution in [1.29, 1.82) is 0 Å². The molecule has 76 valence electrons. The summed E-state index contributed by atoms with van der Waals surface area (Å²) in [6.45, 7) is 2.43. The summed E-state index contributed by atoms with van der Waals surface area (Å²) in [7, 11) is 0. The Kier molecular flexibility index (Phi) is 1.97. The lowest BCUT2D eigenvalue weighted by Gasteiger charge is -2.43. The first-order valence-electron chi connectivity index (χ1n) is 4.21. The molecule has 1 amide bonds. The van der Waals surface area contributed by atoms with Crippen LogP contribution in [0.5, 0.6) is 0 Å². The highest BCUT2D eigenvalue weighted by Crippen LogP contribution is 2.23. The van der Waals surface area contributed by atoms with Gasteiger partial charge < -0.3 is 15.7 Å². The van der Waals surface area contributed by atoms with Crippen molar-refractivity contribution in [3.63, 3.8) is 0 Å². The normalized spacial score (nSPS) is 19.1. The Morgan fingerprint density at radius 3 is 2.86 bits per heavy atom. The van der Waals surface area contributed by atoms with Crippen molar-refractivity contribution in [2.24, 2.45) is 0 Å². The Labute approximate surface area is 85.2 Å². The van der Waals surface area contributed by atoms with Gasteiger partial charge in [-0.1, -0.05) is 0 Å². The largest absolute Gasteiger partial charge is 0.386 e. The van der Waals surface area contributed by atoms with Crippen LogP contribution < -0.4 is 5.73 Å². The molecule has 1 fully saturated rings. The van der Waals surface area contributed by atoms with Gasteiger partial charge in [-0.15, -0.1) is 11.3 Å².